The minimum atomic E-state index is -0.899. The number of H-pyrrole nitrogens is 2. The summed E-state index contributed by atoms with van der Waals surface area (Å²) in [6.45, 7) is 0. The van der Waals surface area contributed by atoms with Gasteiger partial charge in [-0.25, -0.2) is 5.10 Å². The second-order valence-corrected chi connectivity index (χ2v) is 1.93. The third-order valence-corrected chi connectivity index (χ3v) is 1.15. The van der Waals surface area contributed by atoms with Crippen molar-refractivity contribution in [2.45, 2.75) is 0 Å². The largest absolute Gasteiger partial charge is 0.352 e. The summed E-state index contributed by atoms with van der Waals surface area (Å²) in [5.41, 5.74) is -1.79. The number of hydrogen-bond acceptors (Lipinski definition) is 4. The minimum absolute atomic E-state index is 0.220. The molecule has 0 radical (unpaired) electrons. The number of carbonyl (C=O) groups excluding carboxylic acids is 1. The average molecular weight is 170 g/mol. The lowest BCUT2D eigenvalue weighted by Gasteiger charge is -1.94. The maximum atomic E-state index is 10.8. The molecule has 0 saturated heterocycles. The molecular weight excluding hydrogens is 164 g/mol. The van der Waals surface area contributed by atoms with Gasteiger partial charge in [-0.05, 0) is 0 Å². The lowest BCUT2D eigenvalue weighted by Crippen LogP contribution is -2.35. The Morgan fingerprint density at radius 3 is 2.58 bits per heavy atom. The van der Waals surface area contributed by atoms with Crippen molar-refractivity contribution in [2.75, 3.05) is 7.05 Å². The van der Waals surface area contributed by atoms with Crippen LogP contribution in [0.2, 0.25) is 0 Å². The molecule has 0 bridgehead atoms. The van der Waals surface area contributed by atoms with Crippen LogP contribution >= 0.6 is 0 Å². The summed E-state index contributed by atoms with van der Waals surface area (Å²) in [4.78, 5) is 33.9. The Hall–Kier alpha value is -1.92. The van der Waals surface area contributed by atoms with Gasteiger partial charge < -0.3 is 5.32 Å². The molecule has 0 saturated carbocycles. The molecule has 1 heterocycles. The Kier molecular flexibility index (Phi) is 2.04. The van der Waals surface area contributed by atoms with Crippen LogP contribution in [0.15, 0.2) is 9.59 Å². The normalized spacial score (nSPS) is 9.42. The number of carbonyl (C=O) groups is 1. The van der Waals surface area contributed by atoms with E-state index in [0.29, 0.717) is 0 Å². The molecule has 1 aromatic heterocycles. The molecule has 1 rings (SSSR count). The Balaban J connectivity index is 3.23. The van der Waals surface area contributed by atoms with E-state index in [9.17, 15) is 14.4 Å². The summed E-state index contributed by atoms with van der Waals surface area (Å²) in [5.74, 6) is -0.787. The first-order valence-corrected chi connectivity index (χ1v) is 3.06. The molecule has 3 N–H and O–H groups in total. The molecule has 0 spiro atoms. The number of rotatable bonds is 1. The molecule has 0 aliphatic rings. The van der Waals surface area contributed by atoms with Crippen molar-refractivity contribution in [1.82, 2.24) is 20.5 Å². The Morgan fingerprint density at radius 1 is 1.42 bits per heavy atom. The molecule has 0 unspecified atom stereocenters. The quantitative estimate of drug-likeness (QED) is 0.416. The van der Waals surface area contributed by atoms with Gasteiger partial charge in [0.05, 0.1) is 0 Å². The highest BCUT2D eigenvalue weighted by atomic mass is 16.2. The second-order valence-electron chi connectivity index (χ2n) is 1.93. The first kappa shape index (κ1) is 8.18. The van der Waals surface area contributed by atoms with Gasteiger partial charge in [0.15, 0.2) is 0 Å². The fraction of sp³-hybridized carbons (Fsp3) is 0.200. The molecule has 1 amide bonds. The Bertz CT molecular complexity index is 404. The molecular formula is C5H6N4O3. The molecule has 0 atom stereocenters. The highest BCUT2D eigenvalue weighted by Gasteiger charge is 2.06. The summed E-state index contributed by atoms with van der Waals surface area (Å²) >= 11 is 0. The smallest absolute Gasteiger partial charge is 0.329 e. The molecule has 0 aliphatic carbocycles. The van der Waals surface area contributed by atoms with Crippen LogP contribution in [-0.4, -0.2) is 28.1 Å². The van der Waals surface area contributed by atoms with Crippen LogP contribution in [0.1, 0.15) is 10.6 Å². The lowest BCUT2D eigenvalue weighted by atomic mass is 10.5. The van der Waals surface area contributed by atoms with Crippen molar-refractivity contribution in [3.8, 4) is 0 Å². The topological polar surface area (TPSA) is 108 Å². The van der Waals surface area contributed by atoms with Gasteiger partial charge in [-0.15, -0.1) is 5.10 Å². The van der Waals surface area contributed by atoms with E-state index in [1.165, 1.54) is 7.05 Å². The van der Waals surface area contributed by atoms with E-state index in [1.807, 2.05) is 10.1 Å². The van der Waals surface area contributed by atoms with Crippen LogP contribution in [0.3, 0.4) is 0 Å². The van der Waals surface area contributed by atoms with Gasteiger partial charge in [-0.2, -0.15) is 0 Å². The fourth-order valence-corrected chi connectivity index (χ4v) is 0.576. The highest BCUT2D eigenvalue weighted by Crippen LogP contribution is 1.76. The monoisotopic (exact) mass is 170 g/mol. The number of nitrogens with one attached hydrogen (secondary N) is 3. The Labute approximate surface area is 65.8 Å². The molecule has 12 heavy (non-hydrogen) atoms. The summed E-state index contributed by atoms with van der Waals surface area (Å²) in [6.07, 6.45) is 0. The number of nitrogens with zero attached hydrogens (tertiary/aromatic N) is 1. The Morgan fingerprint density at radius 2 is 2.08 bits per heavy atom. The second kappa shape index (κ2) is 2.99. The molecule has 64 valence electrons. The van der Waals surface area contributed by atoms with E-state index in [4.69, 9.17) is 0 Å². The van der Waals surface area contributed by atoms with Gasteiger partial charge >= 0.3 is 11.1 Å². The van der Waals surface area contributed by atoms with E-state index in [1.54, 1.807) is 0 Å². The van der Waals surface area contributed by atoms with E-state index >= 15 is 0 Å². The van der Waals surface area contributed by atoms with Crippen LogP contribution in [0.25, 0.3) is 0 Å². The van der Waals surface area contributed by atoms with Crippen molar-refractivity contribution in [1.29, 1.82) is 0 Å². The summed E-state index contributed by atoms with van der Waals surface area (Å²) < 4.78 is 0. The van der Waals surface area contributed by atoms with E-state index < -0.39 is 17.0 Å². The number of hydrogen-bond donors (Lipinski definition) is 3. The summed E-state index contributed by atoms with van der Waals surface area (Å²) in [6, 6.07) is 0. The molecule has 0 aromatic carbocycles. The minimum Gasteiger partial charge on any atom is -0.352 e. The zero-order valence-corrected chi connectivity index (χ0v) is 6.17. The van der Waals surface area contributed by atoms with Crippen molar-refractivity contribution < 1.29 is 4.79 Å². The molecule has 0 aliphatic heterocycles. The summed E-state index contributed by atoms with van der Waals surface area (Å²) in [7, 11) is 1.38. The van der Waals surface area contributed by atoms with Crippen molar-refractivity contribution >= 4 is 5.91 Å². The van der Waals surface area contributed by atoms with Gasteiger partial charge in [0.1, 0.15) is 0 Å². The summed E-state index contributed by atoms with van der Waals surface area (Å²) in [5, 5.41) is 7.41. The first-order valence-electron chi connectivity index (χ1n) is 3.06. The van der Waals surface area contributed by atoms with Crippen molar-refractivity contribution in [3.63, 3.8) is 0 Å². The van der Waals surface area contributed by atoms with E-state index in [-0.39, 0.29) is 5.82 Å². The van der Waals surface area contributed by atoms with Gasteiger partial charge in [0.2, 0.25) is 5.82 Å². The van der Waals surface area contributed by atoms with Crippen LogP contribution in [0.5, 0.6) is 0 Å². The van der Waals surface area contributed by atoms with E-state index in [2.05, 4.69) is 10.4 Å². The molecule has 0 fully saturated rings. The predicted molar refractivity (Wildman–Crippen MR) is 38.9 cm³/mol. The maximum absolute atomic E-state index is 10.8. The third-order valence-electron chi connectivity index (χ3n) is 1.15. The highest BCUT2D eigenvalue weighted by molar-refractivity contribution is 5.89. The number of amides is 1. The van der Waals surface area contributed by atoms with Crippen molar-refractivity contribution in [3.05, 3.63) is 26.5 Å². The zero-order valence-electron chi connectivity index (χ0n) is 6.17. The lowest BCUT2D eigenvalue weighted by molar-refractivity contribution is 0.0951. The zero-order chi connectivity index (χ0) is 9.14. The van der Waals surface area contributed by atoms with Crippen LogP contribution in [0, 0.1) is 0 Å². The van der Waals surface area contributed by atoms with Crippen LogP contribution < -0.4 is 16.4 Å². The van der Waals surface area contributed by atoms with E-state index in [0.717, 1.165) is 0 Å². The molecule has 1 aromatic rings. The molecule has 7 heteroatoms. The van der Waals surface area contributed by atoms with Crippen molar-refractivity contribution in [2.24, 2.45) is 0 Å². The first-order chi connectivity index (χ1) is 5.65. The average Bonchev–Trinajstić information content (AvgIpc) is 2.08. The van der Waals surface area contributed by atoms with Gasteiger partial charge in [0.25, 0.3) is 5.91 Å². The third kappa shape index (κ3) is 1.39. The molecule has 7 nitrogen and oxygen atoms in total. The number of aromatic amines is 2. The standard InChI is InChI=1S/C5H6N4O3/c1-6-3(10)2-7-4(11)5(12)9-8-2/h1H3,(H,6,10)(H,9,12)(H,7,8,11). The van der Waals surface area contributed by atoms with Crippen LogP contribution in [-0.2, 0) is 0 Å². The predicted octanol–water partition coefficient (Wildman–Crippen LogP) is -2.18. The van der Waals surface area contributed by atoms with Gasteiger partial charge in [-0.3, -0.25) is 19.4 Å². The van der Waals surface area contributed by atoms with Gasteiger partial charge in [-0.1, -0.05) is 0 Å². The van der Waals surface area contributed by atoms with Gasteiger partial charge in [0, 0.05) is 7.05 Å². The van der Waals surface area contributed by atoms with Crippen LogP contribution in [0.4, 0.5) is 0 Å². The number of aromatic nitrogens is 3. The maximum Gasteiger partial charge on any atom is 0.329 e. The SMILES string of the molecule is CNC(=O)c1n[nH]c(=O)c(=O)[nH]1. The fourth-order valence-electron chi connectivity index (χ4n) is 0.576.